The Morgan fingerprint density at radius 2 is 2.11 bits per heavy atom. The molecular weight excluding hydrogens is 244 g/mol. The lowest BCUT2D eigenvalue weighted by molar-refractivity contribution is -0.138. The number of imidazole rings is 1. The van der Waals surface area contributed by atoms with Crippen molar-refractivity contribution in [2.75, 3.05) is 6.54 Å². The van der Waals surface area contributed by atoms with E-state index in [4.69, 9.17) is 0 Å². The average Bonchev–Trinajstić information content (AvgIpc) is 2.81. The normalized spacial score (nSPS) is 16.1. The van der Waals surface area contributed by atoms with E-state index in [0.29, 0.717) is 13.1 Å². The molecule has 6 heteroatoms. The molecule has 1 aromatic heterocycles. The SMILES string of the molecule is CC(=O)N[C@H](C(=O)N1CCn2cncc2C1)C(C)C. The molecule has 0 bridgehead atoms. The van der Waals surface area contributed by atoms with Crippen molar-refractivity contribution in [1.82, 2.24) is 19.8 Å². The lowest BCUT2D eigenvalue weighted by Crippen LogP contribution is -2.52. The van der Waals surface area contributed by atoms with Gasteiger partial charge in [0.2, 0.25) is 11.8 Å². The molecule has 1 aromatic rings. The van der Waals surface area contributed by atoms with Gasteiger partial charge < -0.3 is 14.8 Å². The Labute approximate surface area is 112 Å². The number of hydrogen-bond donors (Lipinski definition) is 1. The maximum atomic E-state index is 12.5. The Morgan fingerprint density at radius 1 is 1.37 bits per heavy atom. The molecule has 0 aromatic carbocycles. The van der Waals surface area contributed by atoms with Gasteiger partial charge >= 0.3 is 0 Å². The lowest BCUT2D eigenvalue weighted by Gasteiger charge is -2.32. The van der Waals surface area contributed by atoms with Crippen LogP contribution >= 0.6 is 0 Å². The zero-order chi connectivity index (χ0) is 14.0. The van der Waals surface area contributed by atoms with E-state index in [9.17, 15) is 9.59 Å². The van der Waals surface area contributed by atoms with Crippen molar-refractivity contribution in [1.29, 1.82) is 0 Å². The standard InChI is InChI=1S/C13H20N4O2/c1-9(2)12(15-10(3)18)13(19)16-4-5-17-8-14-6-11(17)7-16/h6,8-9,12H,4-5,7H2,1-3H3,(H,15,18)/t12-/m0/s1. The first kappa shape index (κ1) is 13.6. The van der Waals surface area contributed by atoms with Gasteiger partial charge in [-0.2, -0.15) is 0 Å². The smallest absolute Gasteiger partial charge is 0.245 e. The molecule has 2 amide bonds. The molecule has 0 saturated carbocycles. The number of fused-ring (bicyclic) bond motifs is 1. The Kier molecular flexibility index (Phi) is 3.87. The number of carbonyl (C=O) groups is 2. The van der Waals surface area contributed by atoms with Crippen LogP contribution in [-0.2, 0) is 22.7 Å². The highest BCUT2D eigenvalue weighted by atomic mass is 16.2. The fourth-order valence-corrected chi connectivity index (χ4v) is 2.30. The van der Waals surface area contributed by atoms with Crippen LogP contribution in [0.25, 0.3) is 0 Å². The summed E-state index contributed by atoms with van der Waals surface area (Å²) in [4.78, 5) is 29.6. The second-order valence-electron chi connectivity index (χ2n) is 5.26. The summed E-state index contributed by atoms with van der Waals surface area (Å²) in [5.74, 6) is -0.116. The molecule has 6 nitrogen and oxygen atoms in total. The molecule has 0 saturated heterocycles. The zero-order valence-electron chi connectivity index (χ0n) is 11.6. The van der Waals surface area contributed by atoms with Crippen LogP contribution in [0.4, 0.5) is 0 Å². The van der Waals surface area contributed by atoms with Gasteiger partial charge in [-0.05, 0) is 5.92 Å². The third-order valence-electron chi connectivity index (χ3n) is 3.37. The van der Waals surface area contributed by atoms with Crippen LogP contribution in [0.5, 0.6) is 0 Å². The van der Waals surface area contributed by atoms with E-state index in [1.807, 2.05) is 18.4 Å². The molecule has 2 heterocycles. The van der Waals surface area contributed by atoms with Gasteiger partial charge in [-0.15, -0.1) is 0 Å². The first-order chi connectivity index (χ1) is 8.99. The Bertz CT molecular complexity index is 481. The van der Waals surface area contributed by atoms with Crippen LogP contribution in [-0.4, -0.2) is 38.9 Å². The van der Waals surface area contributed by atoms with Gasteiger partial charge in [0.15, 0.2) is 0 Å². The van der Waals surface area contributed by atoms with Crippen molar-refractivity contribution < 1.29 is 9.59 Å². The number of carbonyl (C=O) groups excluding carboxylic acids is 2. The Balaban J connectivity index is 2.08. The van der Waals surface area contributed by atoms with Gasteiger partial charge in [0.05, 0.1) is 18.6 Å². The molecule has 0 fully saturated rings. The number of nitrogens with one attached hydrogen (secondary N) is 1. The Hall–Kier alpha value is -1.85. The van der Waals surface area contributed by atoms with E-state index in [2.05, 4.69) is 10.3 Å². The number of rotatable bonds is 3. The summed E-state index contributed by atoms with van der Waals surface area (Å²) in [5.41, 5.74) is 1.03. The maximum absolute atomic E-state index is 12.5. The van der Waals surface area contributed by atoms with Gasteiger partial charge in [-0.25, -0.2) is 4.98 Å². The van der Waals surface area contributed by atoms with Crippen LogP contribution in [0.2, 0.25) is 0 Å². The molecule has 1 N–H and O–H groups in total. The summed E-state index contributed by atoms with van der Waals surface area (Å²) in [6, 6.07) is -0.452. The number of amides is 2. The van der Waals surface area contributed by atoms with Gasteiger partial charge in [0.1, 0.15) is 6.04 Å². The number of aromatic nitrogens is 2. The highest BCUT2D eigenvalue weighted by molar-refractivity contribution is 5.87. The molecule has 104 valence electrons. The topological polar surface area (TPSA) is 67.2 Å². The summed E-state index contributed by atoms with van der Waals surface area (Å²) in [6.07, 6.45) is 3.56. The fraction of sp³-hybridized carbons (Fsp3) is 0.615. The zero-order valence-corrected chi connectivity index (χ0v) is 11.6. The van der Waals surface area contributed by atoms with Crippen molar-refractivity contribution >= 4 is 11.8 Å². The predicted molar refractivity (Wildman–Crippen MR) is 70.1 cm³/mol. The van der Waals surface area contributed by atoms with E-state index in [-0.39, 0.29) is 17.7 Å². The minimum Gasteiger partial charge on any atom is -0.344 e. The fourth-order valence-electron chi connectivity index (χ4n) is 2.30. The van der Waals surface area contributed by atoms with Gasteiger partial charge in [0.25, 0.3) is 0 Å². The summed E-state index contributed by atoms with van der Waals surface area (Å²) < 4.78 is 2.05. The highest BCUT2D eigenvalue weighted by Gasteiger charge is 2.29. The van der Waals surface area contributed by atoms with E-state index < -0.39 is 6.04 Å². The monoisotopic (exact) mass is 264 g/mol. The van der Waals surface area contributed by atoms with Crippen molar-refractivity contribution in [3.05, 3.63) is 18.2 Å². The minimum absolute atomic E-state index is 0.0161. The molecule has 19 heavy (non-hydrogen) atoms. The highest BCUT2D eigenvalue weighted by Crippen LogP contribution is 2.14. The first-order valence-corrected chi connectivity index (χ1v) is 6.54. The molecular formula is C13H20N4O2. The summed E-state index contributed by atoms with van der Waals surface area (Å²) in [5, 5.41) is 2.74. The second-order valence-corrected chi connectivity index (χ2v) is 5.26. The summed E-state index contributed by atoms with van der Waals surface area (Å²) in [7, 11) is 0. The van der Waals surface area contributed by atoms with E-state index in [1.54, 1.807) is 17.4 Å². The second kappa shape index (κ2) is 5.42. The number of hydrogen-bond acceptors (Lipinski definition) is 3. The third-order valence-corrected chi connectivity index (χ3v) is 3.37. The van der Waals surface area contributed by atoms with E-state index in [0.717, 1.165) is 12.2 Å². The molecule has 0 aliphatic carbocycles. The van der Waals surface area contributed by atoms with Crippen LogP contribution < -0.4 is 5.32 Å². The van der Waals surface area contributed by atoms with E-state index >= 15 is 0 Å². The molecule has 0 spiro atoms. The van der Waals surface area contributed by atoms with Crippen LogP contribution in [0, 0.1) is 5.92 Å². The first-order valence-electron chi connectivity index (χ1n) is 6.54. The third kappa shape index (κ3) is 2.94. The number of nitrogens with zero attached hydrogens (tertiary/aromatic N) is 3. The molecule has 0 radical (unpaired) electrons. The molecule has 1 atom stereocenters. The van der Waals surface area contributed by atoms with Crippen molar-refractivity contribution in [2.24, 2.45) is 5.92 Å². The van der Waals surface area contributed by atoms with Crippen molar-refractivity contribution in [2.45, 2.75) is 39.9 Å². The lowest BCUT2D eigenvalue weighted by atomic mass is 10.0. The van der Waals surface area contributed by atoms with Crippen LogP contribution in [0.3, 0.4) is 0 Å². The predicted octanol–water partition coefficient (Wildman–Crippen LogP) is 0.386. The van der Waals surface area contributed by atoms with Crippen molar-refractivity contribution in [3.63, 3.8) is 0 Å². The quantitative estimate of drug-likeness (QED) is 0.858. The molecule has 0 unspecified atom stereocenters. The average molecular weight is 264 g/mol. The van der Waals surface area contributed by atoms with Gasteiger partial charge in [-0.1, -0.05) is 13.8 Å². The minimum atomic E-state index is -0.452. The molecule has 2 rings (SSSR count). The Morgan fingerprint density at radius 3 is 2.74 bits per heavy atom. The summed E-state index contributed by atoms with van der Waals surface area (Å²) in [6.45, 7) is 7.28. The summed E-state index contributed by atoms with van der Waals surface area (Å²) >= 11 is 0. The van der Waals surface area contributed by atoms with Crippen molar-refractivity contribution in [3.8, 4) is 0 Å². The molecule has 1 aliphatic heterocycles. The van der Waals surface area contributed by atoms with Gasteiger partial charge in [-0.3, -0.25) is 9.59 Å². The van der Waals surface area contributed by atoms with Gasteiger partial charge in [0, 0.05) is 26.2 Å². The largest absolute Gasteiger partial charge is 0.344 e. The molecule has 1 aliphatic rings. The van der Waals surface area contributed by atoms with E-state index in [1.165, 1.54) is 6.92 Å². The van der Waals surface area contributed by atoms with Crippen LogP contribution in [0.1, 0.15) is 26.5 Å². The maximum Gasteiger partial charge on any atom is 0.245 e. The van der Waals surface area contributed by atoms with Crippen LogP contribution in [0.15, 0.2) is 12.5 Å².